The van der Waals surface area contributed by atoms with Gasteiger partial charge in [0.15, 0.2) is 5.79 Å². The minimum atomic E-state index is -1.04. The Morgan fingerprint density at radius 3 is 2.36 bits per heavy atom. The average molecular weight is 160 g/mol. The second-order valence-electron chi connectivity index (χ2n) is 3.22. The van der Waals surface area contributed by atoms with Crippen molar-refractivity contribution in [2.45, 2.75) is 19.6 Å². The van der Waals surface area contributed by atoms with Gasteiger partial charge in [-0.25, -0.2) is 0 Å². The third-order valence-corrected chi connectivity index (χ3v) is 1.43. The molecule has 0 amide bonds. The summed E-state index contributed by atoms with van der Waals surface area (Å²) in [5, 5.41) is 14.3. The second kappa shape index (κ2) is 3.49. The summed E-state index contributed by atoms with van der Waals surface area (Å²) in [6, 6.07) is 0. The molecule has 0 unspecified atom stereocenters. The minimum Gasteiger partial charge on any atom is -0.365 e. The Morgan fingerprint density at radius 1 is 1.36 bits per heavy atom. The van der Waals surface area contributed by atoms with Crippen LogP contribution in [0.15, 0.2) is 0 Å². The van der Waals surface area contributed by atoms with Gasteiger partial charge in [0.05, 0.1) is 0 Å². The molecule has 0 spiro atoms. The molecule has 4 heteroatoms. The monoisotopic (exact) mass is 160 g/mol. The van der Waals surface area contributed by atoms with Crippen molar-refractivity contribution in [3.8, 4) is 0 Å². The molecule has 11 heavy (non-hydrogen) atoms. The lowest BCUT2D eigenvalue weighted by Gasteiger charge is -2.31. The van der Waals surface area contributed by atoms with Crippen molar-refractivity contribution in [2.24, 2.45) is 0 Å². The summed E-state index contributed by atoms with van der Waals surface area (Å²) in [5.74, 6) is -1.04. The highest BCUT2D eigenvalue weighted by Crippen LogP contribution is 2.07. The van der Waals surface area contributed by atoms with Gasteiger partial charge in [-0.2, -0.15) is 5.06 Å². The molecule has 66 valence electrons. The number of hydrogen-bond donors (Lipinski definition) is 2. The van der Waals surface area contributed by atoms with E-state index in [0.29, 0.717) is 0 Å². The fourth-order valence-corrected chi connectivity index (χ4v) is 1.05. The molecule has 0 aromatic rings. The molecule has 1 heterocycles. The Labute approximate surface area is 67.1 Å². The summed E-state index contributed by atoms with van der Waals surface area (Å²) in [6.45, 7) is 6.80. The molecule has 0 aliphatic carbocycles. The quantitative estimate of drug-likeness (QED) is 0.537. The highest BCUT2D eigenvalue weighted by Gasteiger charge is 2.19. The van der Waals surface area contributed by atoms with Crippen molar-refractivity contribution in [1.82, 2.24) is 10.4 Å². The molecule has 0 atom stereocenters. The molecule has 0 aromatic heterocycles. The van der Waals surface area contributed by atoms with E-state index < -0.39 is 5.79 Å². The van der Waals surface area contributed by atoms with Crippen LogP contribution in [-0.4, -0.2) is 42.1 Å². The van der Waals surface area contributed by atoms with E-state index in [1.165, 1.54) is 0 Å². The molecular weight excluding hydrogens is 144 g/mol. The van der Waals surface area contributed by atoms with Crippen molar-refractivity contribution >= 4 is 0 Å². The van der Waals surface area contributed by atoms with Crippen molar-refractivity contribution in [3.05, 3.63) is 0 Å². The first-order valence-electron chi connectivity index (χ1n) is 3.95. The van der Waals surface area contributed by atoms with Crippen molar-refractivity contribution in [2.75, 3.05) is 26.2 Å². The number of nitrogens with zero attached hydrogens (tertiary/aromatic N) is 1. The Bertz CT molecular complexity index is 116. The van der Waals surface area contributed by atoms with Crippen molar-refractivity contribution < 1.29 is 9.94 Å². The molecule has 0 bridgehead atoms. The molecule has 1 aliphatic rings. The van der Waals surface area contributed by atoms with Gasteiger partial charge in [0.2, 0.25) is 0 Å². The lowest BCUT2D eigenvalue weighted by molar-refractivity contribution is -0.315. The number of hydroxylamine groups is 2. The van der Waals surface area contributed by atoms with E-state index >= 15 is 0 Å². The maximum atomic E-state index is 9.29. The first-order chi connectivity index (χ1) is 5.08. The van der Waals surface area contributed by atoms with Crippen LogP contribution in [0.4, 0.5) is 0 Å². The summed E-state index contributed by atoms with van der Waals surface area (Å²) in [4.78, 5) is 5.23. The van der Waals surface area contributed by atoms with Crippen molar-refractivity contribution in [1.29, 1.82) is 0 Å². The fourth-order valence-electron chi connectivity index (χ4n) is 1.05. The summed E-state index contributed by atoms with van der Waals surface area (Å²) in [6.07, 6.45) is 0. The van der Waals surface area contributed by atoms with Crippen LogP contribution < -0.4 is 5.32 Å². The van der Waals surface area contributed by atoms with Gasteiger partial charge in [-0.15, -0.1) is 0 Å². The van der Waals surface area contributed by atoms with Crippen LogP contribution in [0.25, 0.3) is 0 Å². The molecule has 2 N–H and O–H groups in total. The molecular formula is C7H16N2O2. The minimum absolute atomic E-state index is 0.837. The van der Waals surface area contributed by atoms with Crippen LogP contribution in [0, 0.1) is 0 Å². The van der Waals surface area contributed by atoms with E-state index in [-0.39, 0.29) is 0 Å². The zero-order valence-corrected chi connectivity index (χ0v) is 7.13. The lowest BCUT2D eigenvalue weighted by Crippen LogP contribution is -2.47. The van der Waals surface area contributed by atoms with E-state index in [4.69, 9.17) is 4.84 Å². The molecule has 4 nitrogen and oxygen atoms in total. The largest absolute Gasteiger partial charge is 0.365 e. The van der Waals surface area contributed by atoms with E-state index in [0.717, 1.165) is 26.2 Å². The number of aliphatic hydroxyl groups is 1. The number of rotatable bonds is 2. The zero-order valence-electron chi connectivity index (χ0n) is 7.13. The Kier molecular flexibility index (Phi) is 2.84. The van der Waals surface area contributed by atoms with Gasteiger partial charge in [0, 0.05) is 26.2 Å². The molecule has 0 saturated carbocycles. The zero-order chi connectivity index (χ0) is 8.32. The fraction of sp³-hybridized carbons (Fsp3) is 1.00. The molecule has 1 saturated heterocycles. The van der Waals surface area contributed by atoms with Gasteiger partial charge in [-0.1, -0.05) is 0 Å². The van der Waals surface area contributed by atoms with Gasteiger partial charge < -0.3 is 10.4 Å². The molecule has 1 fully saturated rings. The van der Waals surface area contributed by atoms with Gasteiger partial charge in [0.1, 0.15) is 0 Å². The maximum absolute atomic E-state index is 9.29. The summed E-state index contributed by atoms with van der Waals surface area (Å²) < 4.78 is 0. The average Bonchev–Trinajstić information content (AvgIpc) is 1.85. The maximum Gasteiger partial charge on any atom is 0.179 e. The van der Waals surface area contributed by atoms with Gasteiger partial charge in [-0.05, 0) is 13.8 Å². The first-order valence-corrected chi connectivity index (χ1v) is 3.95. The summed E-state index contributed by atoms with van der Waals surface area (Å²) in [7, 11) is 0. The highest BCUT2D eigenvalue weighted by atomic mass is 16.8. The third-order valence-electron chi connectivity index (χ3n) is 1.43. The molecule has 1 aliphatic heterocycles. The van der Waals surface area contributed by atoms with Crippen LogP contribution >= 0.6 is 0 Å². The van der Waals surface area contributed by atoms with Crippen LogP contribution in [0.5, 0.6) is 0 Å². The molecule has 0 radical (unpaired) electrons. The van der Waals surface area contributed by atoms with E-state index in [1.54, 1.807) is 18.9 Å². The number of nitrogens with one attached hydrogen (secondary N) is 1. The molecule has 1 rings (SSSR count). The predicted octanol–water partition coefficient (Wildman–Crippen LogP) is -0.448. The Morgan fingerprint density at radius 2 is 1.91 bits per heavy atom. The summed E-state index contributed by atoms with van der Waals surface area (Å²) in [5.41, 5.74) is 0. The number of hydrogen-bond acceptors (Lipinski definition) is 4. The second-order valence-corrected chi connectivity index (χ2v) is 3.22. The van der Waals surface area contributed by atoms with Gasteiger partial charge >= 0.3 is 0 Å². The van der Waals surface area contributed by atoms with E-state index in [1.807, 2.05) is 0 Å². The topological polar surface area (TPSA) is 44.7 Å². The van der Waals surface area contributed by atoms with Crippen LogP contribution in [0.3, 0.4) is 0 Å². The van der Waals surface area contributed by atoms with Crippen LogP contribution in [0.1, 0.15) is 13.8 Å². The highest BCUT2D eigenvalue weighted by molar-refractivity contribution is 4.61. The lowest BCUT2D eigenvalue weighted by atomic mass is 10.4. The Hall–Kier alpha value is -0.160. The van der Waals surface area contributed by atoms with Crippen LogP contribution in [-0.2, 0) is 4.84 Å². The van der Waals surface area contributed by atoms with Crippen molar-refractivity contribution in [3.63, 3.8) is 0 Å². The normalized spacial score (nSPS) is 22.1. The van der Waals surface area contributed by atoms with Crippen LogP contribution in [0.2, 0.25) is 0 Å². The van der Waals surface area contributed by atoms with E-state index in [2.05, 4.69) is 5.32 Å². The summed E-state index contributed by atoms with van der Waals surface area (Å²) >= 11 is 0. The SMILES string of the molecule is CC(C)(O)ON1CCNCC1. The Balaban J connectivity index is 2.24. The smallest absolute Gasteiger partial charge is 0.179 e. The predicted molar refractivity (Wildman–Crippen MR) is 41.8 cm³/mol. The van der Waals surface area contributed by atoms with Gasteiger partial charge in [-0.3, -0.25) is 4.84 Å². The standard InChI is InChI=1S/C7H16N2O2/c1-7(2,10)11-9-5-3-8-4-6-9/h8,10H,3-6H2,1-2H3. The molecule has 0 aromatic carbocycles. The first kappa shape index (κ1) is 8.93. The number of piperazine rings is 1. The third kappa shape index (κ3) is 3.67. The van der Waals surface area contributed by atoms with E-state index in [9.17, 15) is 5.11 Å². The van der Waals surface area contributed by atoms with Gasteiger partial charge in [0.25, 0.3) is 0 Å².